The molecule has 7 nitrogen and oxygen atoms in total. The number of rotatable bonds is 6. The van der Waals surface area contributed by atoms with Gasteiger partial charge in [0.2, 0.25) is 11.7 Å². The van der Waals surface area contributed by atoms with Crippen molar-refractivity contribution in [3.8, 4) is 0 Å². The fraction of sp³-hybridized carbons (Fsp3) is 0.684. The van der Waals surface area contributed by atoms with E-state index in [1.54, 1.807) is 13.2 Å². The van der Waals surface area contributed by atoms with Crippen LogP contribution in [-0.4, -0.2) is 68.7 Å². The molecule has 144 valence electrons. The first-order valence-corrected chi connectivity index (χ1v) is 9.21. The molecule has 2 aliphatic heterocycles. The quantitative estimate of drug-likeness (QED) is 0.718. The van der Waals surface area contributed by atoms with Crippen molar-refractivity contribution in [3.05, 3.63) is 23.7 Å². The molecule has 1 aromatic heterocycles. The van der Waals surface area contributed by atoms with Gasteiger partial charge >= 0.3 is 5.97 Å². The van der Waals surface area contributed by atoms with Gasteiger partial charge in [0.25, 0.3) is 0 Å². The van der Waals surface area contributed by atoms with Gasteiger partial charge in [0.05, 0.1) is 20.3 Å². The Bertz CT molecular complexity index is 644. The molecule has 2 saturated heterocycles. The average Bonchev–Trinajstić information content (AvgIpc) is 3.11. The van der Waals surface area contributed by atoms with Gasteiger partial charge in [-0.05, 0) is 37.9 Å². The Morgan fingerprint density at radius 2 is 2.12 bits per heavy atom. The summed E-state index contributed by atoms with van der Waals surface area (Å²) in [7, 11) is 3.01. The van der Waals surface area contributed by atoms with Crippen LogP contribution in [-0.2, 0) is 20.8 Å². The third-order valence-corrected chi connectivity index (χ3v) is 5.48. The Labute approximate surface area is 154 Å². The van der Waals surface area contributed by atoms with Crippen LogP contribution in [0.25, 0.3) is 0 Å². The summed E-state index contributed by atoms with van der Waals surface area (Å²) in [6.45, 7) is 4.66. The molecule has 0 saturated carbocycles. The van der Waals surface area contributed by atoms with Crippen LogP contribution in [0.15, 0.2) is 16.5 Å². The average molecular weight is 364 g/mol. The number of hydrogen-bond acceptors (Lipinski definition) is 6. The highest BCUT2D eigenvalue weighted by atomic mass is 16.5. The Morgan fingerprint density at radius 3 is 2.88 bits per heavy atom. The summed E-state index contributed by atoms with van der Waals surface area (Å²) in [5.41, 5.74) is 0.150. The molecule has 1 aromatic rings. The van der Waals surface area contributed by atoms with Crippen LogP contribution in [0.5, 0.6) is 0 Å². The van der Waals surface area contributed by atoms with Gasteiger partial charge in [-0.15, -0.1) is 0 Å². The van der Waals surface area contributed by atoms with Crippen LogP contribution in [0.2, 0.25) is 0 Å². The van der Waals surface area contributed by atoms with Crippen LogP contribution >= 0.6 is 0 Å². The normalized spacial score (nSPS) is 24.2. The van der Waals surface area contributed by atoms with Crippen molar-refractivity contribution >= 4 is 11.9 Å². The van der Waals surface area contributed by atoms with Gasteiger partial charge in [-0.3, -0.25) is 9.69 Å². The minimum Gasteiger partial charge on any atom is -0.463 e. The van der Waals surface area contributed by atoms with Gasteiger partial charge in [-0.2, -0.15) is 0 Å². The highest BCUT2D eigenvalue weighted by Gasteiger charge is 2.41. The Morgan fingerprint density at radius 1 is 1.27 bits per heavy atom. The SMILES string of the molecule is COCCN1C[C@]2(CCCN(Cc3ccc(C(=O)OC)o3)C2)CCC1=O. The second-order valence-corrected chi connectivity index (χ2v) is 7.38. The van der Waals surface area contributed by atoms with Gasteiger partial charge < -0.3 is 18.8 Å². The van der Waals surface area contributed by atoms with Crippen molar-refractivity contribution in [2.75, 3.05) is 47.0 Å². The van der Waals surface area contributed by atoms with Crippen molar-refractivity contribution < 1.29 is 23.5 Å². The highest BCUT2D eigenvalue weighted by molar-refractivity contribution is 5.86. The van der Waals surface area contributed by atoms with Gasteiger partial charge in [0.1, 0.15) is 5.76 Å². The Hall–Kier alpha value is -1.86. The van der Waals surface area contributed by atoms with E-state index in [4.69, 9.17) is 9.15 Å². The monoisotopic (exact) mass is 364 g/mol. The minimum absolute atomic E-state index is 0.150. The lowest BCUT2D eigenvalue weighted by molar-refractivity contribution is -0.140. The zero-order valence-electron chi connectivity index (χ0n) is 15.7. The maximum absolute atomic E-state index is 12.2. The van der Waals surface area contributed by atoms with E-state index in [0.29, 0.717) is 26.1 Å². The number of piperidine rings is 2. The lowest BCUT2D eigenvalue weighted by atomic mass is 9.73. The Balaban J connectivity index is 1.62. The number of nitrogens with zero attached hydrogens (tertiary/aromatic N) is 2. The molecule has 0 N–H and O–H groups in total. The topological polar surface area (TPSA) is 72.2 Å². The number of amides is 1. The molecule has 3 rings (SSSR count). The zero-order chi connectivity index (χ0) is 18.6. The number of carbonyl (C=O) groups excluding carboxylic acids is 2. The largest absolute Gasteiger partial charge is 0.463 e. The second-order valence-electron chi connectivity index (χ2n) is 7.38. The standard InChI is InChI=1S/C19H28N2O5/c1-24-11-10-21-14-19(8-6-17(21)22)7-3-9-20(13-19)12-15-4-5-16(26-15)18(23)25-2/h4-5H,3,6-14H2,1-2H3/t19-/m1/s1. The van der Waals surface area contributed by atoms with Crippen molar-refractivity contribution in [1.82, 2.24) is 9.80 Å². The number of methoxy groups -OCH3 is 2. The smallest absolute Gasteiger partial charge is 0.373 e. The molecule has 2 aliphatic rings. The third-order valence-electron chi connectivity index (χ3n) is 5.48. The molecular weight excluding hydrogens is 336 g/mol. The van der Waals surface area contributed by atoms with Gasteiger partial charge in [0, 0.05) is 38.6 Å². The summed E-state index contributed by atoms with van der Waals surface area (Å²) in [6, 6.07) is 3.50. The van der Waals surface area contributed by atoms with Crippen LogP contribution in [0.4, 0.5) is 0 Å². The molecule has 0 aromatic carbocycles. The van der Waals surface area contributed by atoms with Crippen molar-refractivity contribution in [3.63, 3.8) is 0 Å². The predicted molar refractivity (Wildman–Crippen MR) is 94.7 cm³/mol. The van der Waals surface area contributed by atoms with Crippen molar-refractivity contribution in [2.45, 2.75) is 32.2 Å². The van der Waals surface area contributed by atoms with E-state index >= 15 is 0 Å². The second kappa shape index (κ2) is 8.22. The number of esters is 1. The van der Waals surface area contributed by atoms with Crippen LogP contribution < -0.4 is 0 Å². The number of carbonyl (C=O) groups is 2. The summed E-state index contributed by atoms with van der Waals surface area (Å²) < 4.78 is 15.4. The number of ether oxygens (including phenoxy) is 2. The van der Waals surface area contributed by atoms with Gasteiger partial charge in [-0.25, -0.2) is 4.79 Å². The zero-order valence-corrected chi connectivity index (χ0v) is 15.7. The first-order valence-electron chi connectivity index (χ1n) is 9.21. The maximum atomic E-state index is 12.2. The fourth-order valence-corrected chi connectivity index (χ4v) is 4.18. The Kier molecular flexibility index (Phi) is 5.98. The number of hydrogen-bond donors (Lipinski definition) is 0. The minimum atomic E-state index is -0.453. The van der Waals surface area contributed by atoms with E-state index < -0.39 is 5.97 Å². The lowest BCUT2D eigenvalue weighted by Crippen LogP contribution is -2.54. The van der Waals surface area contributed by atoms with E-state index in [0.717, 1.165) is 44.7 Å². The van der Waals surface area contributed by atoms with E-state index in [1.807, 2.05) is 11.0 Å². The van der Waals surface area contributed by atoms with Crippen LogP contribution in [0.1, 0.15) is 42.0 Å². The fourth-order valence-electron chi connectivity index (χ4n) is 4.18. The molecule has 7 heteroatoms. The molecule has 2 fully saturated rings. The lowest BCUT2D eigenvalue weighted by Gasteiger charge is -2.48. The van der Waals surface area contributed by atoms with Crippen molar-refractivity contribution in [2.24, 2.45) is 5.41 Å². The van der Waals surface area contributed by atoms with Crippen LogP contribution in [0.3, 0.4) is 0 Å². The molecule has 0 unspecified atom stereocenters. The number of furan rings is 1. The molecule has 26 heavy (non-hydrogen) atoms. The summed E-state index contributed by atoms with van der Waals surface area (Å²) in [6.07, 6.45) is 3.81. The third kappa shape index (κ3) is 4.27. The molecule has 1 amide bonds. The van der Waals surface area contributed by atoms with E-state index in [9.17, 15) is 9.59 Å². The highest BCUT2D eigenvalue weighted by Crippen LogP contribution is 2.39. The van der Waals surface area contributed by atoms with E-state index in [-0.39, 0.29) is 17.1 Å². The van der Waals surface area contributed by atoms with Crippen molar-refractivity contribution in [1.29, 1.82) is 0 Å². The molecule has 0 radical (unpaired) electrons. The van der Waals surface area contributed by atoms with E-state index in [2.05, 4.69) is 9.64 Å². The molecular formula is C19H28N2O5. The summed E-state index contributed by atoms with van der Waals surface area (Å²) in [4.78, 5) is 28.1. The van der Waals surface area contributed by atoms with E-state index in [1.165, 1.54) is 7.11 Å². The summed E-state index contributed by atoms with van der Waals surface area (Å²) in [5, 5.41) is 0. The molecule has 0 aliphatic carbocycles. The predicted octanol–water partition coefficient (Wildman–Crippen LogP) is 1.92. The van der Waals surface area contributed by atoms with Gasteiger partial charge in [-0.1, -0.05) is 0 Å². The molecule has 1 spiro atoms. The van der Waals surface area contributed by atoms with Crippen LogP contribution in [0, 0.1) is 5.41 Å². The summed E-state index contributed by atoms with van der Waals surface area (Å²) in [5.74, 6) is 0.790. The first kappa shape index (κ1) is 18.9. The first-order chi connectivity index (χ1) is 12.5. The molecule has 3 heterocycles. The molecule has 1 atom stereocenters. The molecule has 0 bridgehead atoms. The summed E-state index contributed by atoms with van der Waals surface area (Å²) >= 11 is 0. The maximum Gasteiger partial charge on any atom is 0.373 e. The number of likely N-dealkylation sites (tertiary alicyclic amines) is 2. The van der Waals surface area contributed by atoms with Gasteiger partial charge in [0.15, 0.2) is 0 Å².